The first-order chi connectivity index (χ1) is 14.4. The molecule has 0 saturated heterocycles. The van der Waals surface area contributed by atoms with Crippen molar-refractivity contribution in [2.75, 3.05) is 5.32 Å². The summed E-state index contributed by atoms with van der Waals surface area (Å²) in [6.07, 6.45) is -8.89. The highest BCUT2D eigenvalue weighted by molar-refractivity contribution is 6.30. The second kappa shape index (κ2) is 7.11. The minimum absolute atomic E-state index is 0.0162. The Morgan fingerprint density at radius 1 is 0.968 bits per heavy atom. The number of aromatic nitrogens is 6. The van der Waals surface area contributed by atoms with Gasteiger partial charge < -0.3 is 9.88 Å². The molecule has 162 valence electrons. The molecule has 0 aliphatic carbocycles. The zero-order valence-electron chi connectivity index (χ0n) is 15.3. The molecule has 4 rings (SSSR count). The molecule has 0 radical (unpaired) electrons. The third-order valence-electron chi connectivity index (χ3n) is 4.13. The molecule has 0 amide bonds. The normalized spacial score (nSPS) is 12.5. The lowest BCUT2D eigenvalue weighted by Gasteiger charge is -2.12. The van der Waals surface area contributed by atoms with Crippen molar-refractivity contribution in [2.24, 2.45) is 7.05 Å². The molecule has 31 heavy (non-hydrogen) atoms. The Bertz CT molecular complexity index is 1260. The minimum Gasteiger partial charge on any atom is -0.338 e. The zero-order valence-corrected chi connectivity index (χ0v) is 16.0. The van der Waals surface area contributed by atoms with Gasteiger partial charge in [0.25, 0.3) is 5.95 Å². The second-order valence-electron chi connectivity index (χ2n) is 6.35. The molecule has 0 fully saturated rings. The molecule has 3 aromatic heterocycles. The Kier molecular flexibility index (Phi) is 4.80. The average Bonchev–Trinajstić information content (AvgIpc) is 3.28. The third kappa shape index (κ3) is 4.00. The standard InChI is InChI=1S/C17H10ClF6N7/c1-30-7-25-12-13(26-9-4-2-8(18)3-5-9)27-15(28-14(12)30)31-11(17(22,23)24)6-10(29-31)16(19,20)21/h2-7H,1H3,(H,26,27,28). The van der Waals surface area contributed by atoms with E-state index in [9.17, 15) is 26.3 Å². The van der Waals surface area contributed by atoms with Gasteiger partial charge in [-0.3, -0.25) is 0 Å². The molecular formula is C17H10ClF6N7. The fourth-order valence-electron chi connectivity index (χ4n) is 2.72. The van der Waals surface area contributed by atoms with Gasteiger partial charge in [0.1, 0.15) is 0 Å². The van der Waals surface area contributed by atoms with E-state index in [0.717, 1.165) is 0 Å². The summed E-state index contributed by atoms with van der Waals surface area (Å²) in [5.74, 6) is -0.740. The Morgan fingerprint density at radius 3 is 2.26 bits per heavy atom. The van der Waals surface area contributed by atoms with E-state index in [-0.39, 0.29) is 27.7 Å². The maximum atomic E-state index is 13.4. The SMILES string of the molecule is Cn1cnc2c(Nc3ccc(Cl)cc3)nc(-n3nc(C(F)(F)F)cc3C(F)(F)F)nc21. The number of rotatable bonds is 3. The van der Waals surface area contributed by atoms with Gasteiger partial charge in [-0.15, -0.1) is 0 Å². The number of halogens is 7. The average molecular weight is 462 g/mol. The number of imidazole rings is 1. The Labute approximate surface area is 174 Å². The van der Waals surface area contributed by atoms with Crippen molar-refractivity contribution < 1.29 is 26.3 Å². The smallest absolute Gasteiger partial charge is 0.338 e. The Hall–Kier alpha value is -3.35. The van der Waals surface area contributed by atoms with E-state index in [2.05, 4.69) is 25.4 Å². The van der Waals surface area contributed by atoms with Gasteiger partial charge in [0.15, 0.2) is 28.4 Å². The van der Waals surface area contributed by atoms with E-state index in [1.54, 1.807) is 24.3 Å². The van der Waals surface area contributed by atoms with Crippen molar-refractivity contribution in [1.82, 2.24) is 29.3 Å². The monoisotopic (exact) mass is 461 g/mol. The number of aryl methyl sites for hydroxylation is 1. The second-order valence-corrected chi connectivity index (χ2v) is 6.79. The number of anilines is 2. The lowest BCUT2D eigenvalue weighted by Crippen LogP contribution is -2.16. The van der Waals surface area contributed by atoms with Crippen LogP contribution in [-0.4, -0.2) is 29.3 Å². The summed E-state index contributed by atoms with van der Waals surface area (Å²) in [4.78, 5) is 12.0. The van der Waals surface area contributed by atoms with Crippen LogP contribution in [0, 0.1) is 0 Å². The lowest BCUT2D eigenvalue weighted by atomic mass is 10.3. The first-order valence-electron chi connectivity index (χ1n) is 8.40. The number of benzene rings is 1. The van der Waals surface area contributed by atoms with Crippen LogP contribution in [0.1, 0.15) is 11.4 Å². The molecule has 1 aromatic carbocycles. The summed E-state index contributed by atoms with van der Waals surface area (Å²) < 4.78 is 80.8. The van der Waals surface area contributed by atoms with Crippen LogP contribution in [-0.2, 0) is 19.4 Å². The van der Waals surface area contributed by atoms with Crippen LogP contribution >= 0.6 is 11.6 Å². The van der Waals surface area contributed by atoms with E-state index >= 15 is 0 Å². The third-order valence-corrected chi connectivity index (χ3v) is 4.39. The van der Waals surface area contributed by atoms with Crippen molar-refractivity contribution in [1.29, 1.82) is 0 Å². The molecule has 0 saturated carbocycles. The van der Waals surface area contributed by atoms with Crippen LogP contribution in [0.25, 0.3) is 17.1 Å². The molecular weight excluding hydrogens is 452 g/mol. The first-order valence-corrected chi connectivity index (χ1v) is 8.78. The van der Waals surface area contributed by atoms with Gasteiger partial charge in [0.2, 0.25) is 0 Å². The molecule has 7 nitrogen and oxygen atoms in total. The van der Waals surface area contributed by atoms with Crippen molar-refractivity contribution in [3.63, 3.8) is 0 Å². The van der Waals surface area contributed by atoms with Crippen molar-refractivity contribution in [3.05, 3.63) is 53.1 Å². The van der Waals surface area contributed by atoms with Gasteiger partial charge in [-0.25, -0.2) is 4.98 Å². The van der Waals surface area contributed by atoms with Crippen LogP contribution in [0.2, 0.25) is 5.02 Å². The summed E-state index contributed by atoms with van der Waals surface area (Å²) in [7, 11) is 1.52. The highest BCUT2D eigenvalue weighted by Gasteiger charge is 2.43. The number of nitrogens with zero attached hydrogens (tertiary/aromatic N) is 6. The van der Waals surface area contributed by atoms with Crippen molar-refractivity contribution >= 4 is 34.3 Å². The van der Waals surface area contributed by atoms with Crippen LogP contribution in [0.3, 0.4) is 0 Å². The number of alkyl halides is 6. The maximum absolute atomic E-state index is 13.4. The molecule has 3 heterocycles. The number of fused-ring (bicyclic) bond motifs is 1. The summed E-state index contributed by atoms with van der Waals surface area (Å²) in [5, 5.41) is 6.38. The zero-order chi connectivity index (χ0) is 22.6. The summed E-state index contributed by atoms with van der Waals surface area (Å²) in [5.41, 5.74) is -2.65. The topological polar surface area (TPSA) is 73.5 Å². The maximum Gasteiger partial charge on any atom is 0.435 e. The van der Waals surface area contributed by atoms with E-state index < -0.39 is 29.7 Å². The van der Waals surface area contributed by atoms with Gasteiger partial charge in [-0.1, -0.05) is 11.6 Å². The molecule has 0 spiro atoms. The van der Waals surface area contributed by atoms with Crippen molar-refractivity contribution in [2.45, 2.75) is 12.4 Å². The molecule has 0 aliphatic rings. The lowest BCUT2D eigenvalue weighted by molar-refractivity contribution is -0.143. The van der Waals surface area contributed by atoms with Gasteiger partial charge >= 0.3 is 12.4 Å². The molecule has 0 unspecified atom stereocenters. The summed E-state index contributed by atoms with van der Waals surface area (Å²) in [6, 6.07) is 6.19. The molecule has 0 bridgehead atoms. The number of hydrogen-bond acceptors (Lipinski definition) is 5. The fraction of sp³-hybridized carbons (Fsp3) is 0.176. The molecule has 0 atom stereocenters. The largest absolute Gasteiger partial charge is 0.435 e. The van der Waals surface area contributed by atoms with Crippen molar-refractivity contribution in [3.8, 4) is 5.95 Å². The number of nitrogens with one attached hydrogen (secondary N) is 1. The van der Waals surface area contributed by atoms with Gasteiger partial charge in [-0.05, 0) is 24.3 Å². The van der Waals surface area contributed by atoms with E-state index in [1.807, 2.05) is 0 Å². The van der Waals surface area contributed by atoms with E-state index in [4.69, 9.17) is 11.6 Å². The van der Waals surface area contributed by atoms with Crippen LogP contribution in [0.15, 0.2) is 36.7 Å². The molecule has 1 N–H and O–H groups in total. The molecule has 0 aliphatic heterocycles. The Morgan fingerprint density at radius 2 is 1.65 bits per heavy atom. The highest BCUT2D eigenvalue weighted by atomic mass is 35.5. The van der Waals surface area contributed by atoms with E-state index in [0.29, 0.717) is 10.7 Å². The minimum atomic E-state index is -5.13. The number of hydrogen-bond donors (Lipinski definition) is 1. The quantitative estimate of drug-likeness (QED) is 0.435. The summed E-state index contributed by atoms with van der Waals surface area (Å²) >= 11 is 5.84. The first kappa shape index (κ1) is 20.9. The van der Waals surface area contributed by atoms with Gasteiger partial charge in [0.05, 0.1) is 6.33 Å². The van der Waals surface area contributed by atoms with Crippen LogP contribution in [0.5, 0.6) is 0 Å². The molecule has 4 aromatic rings. The highest BCUT2D eigenvalue weighted by Crippen LogP contribution is 2.36. The van der Waals surface area contributed by atoms with Gasteiger partial charge in [0, 0.05) is 23.8 Å². The van der Waals surface area contributed by atoms with Crippen LogP contribution < -0.4 is 5.32 Å². The van der Waals surface area contributed by atoms with Gasteiger partial charge in [-0.2, -0.15) is 46.1 Å². The summed E-state index contributed by atoms with van der Waals surface area (Å²) in [6.45, 7) is 0. The predicted octanol–water partition coefficient (Wildman–Crippen LogP) is 4.98. The predicted molar refractivity (Wildman–Crippen MR) is 98.2 cm³/mol. The fourth-order valence-corrected chi connectivity index (χ4v) is 2.85. The molecule has 14 heteroatoms. The van der Waals surface area contributed by atoms with E-state index in [1.165, 1.54) is 17.9 Å². The Balaban J connectivity index is 1.92. The van der Waals surface area contributed by atoms with Crippen LogP contribution in [0.4, 0.5) is 37.8 Å².